The van der Waals surface area contributed by atoms with Gasteiger partial charge < -0.3 is 13.9 Å². The fourth-order valence-electron chi connectivity index (χ4n) is 1.33. The van der Waals surface area contributed by atoms with Crippen LogP contribution in [0.15, 0.2) is 30.8 Å². The van der Waals surface area contributed by atoms with E-state index in [4.69, 9.17) is 13.9 Å². The standard InChI is InChI=1S/C13H18O3Si/c1-4-11-6-5-7-12(8-11)9-16-17-10-13(14-2)15-3/h4-8,13H,1,9-10H2,2-3H3. The van der Waals surface area contributed by atoms with Gasteiger partial charge >= 0.3 is 0 Å². The molecule has 92 valence electrons. The molecule has 3 nitrogen and oxygen atoms in total. The molecule has 0 heterocycles. The first-order valence-electron chi connectivity index (χ1n) is 5.41. The van der Waals surface area contributed by atoms with E-state index in [-0.39, 0.29) is 6.29 Å². The first kappa shape index (κ1) is 14.1. The average Bonchev–Trinajstić information content (AvgIpc) is 2.39. The maximum Gasteiger partial charge on any atom is 0.235 e. The summed E-state index contributed by atoms with van der Waals surface area (Å²) in [6.07, 6.45) is 1.66. The van der Waals surface area contributed by atoms with Crippen molar-refractivity contribution in [2.75, 3.05) is 14.2 Å². The third-order valence-electron chi connectivity index (χ3n) is 2.30. The summed E-state index contributed by atoms with van der Waals surface area (Å²) >= 11 is 0. The lowest BCUT2D eigenvalue weighted by Crippen LogP contribution is -2.16. The van der Waals surface area contributed by atoms with Crippen LogP contribution in [0.25, 0.3) is 6.08 Å². The Balaban J connectivity index is 2.28. The first-order chi connectivity index (χ1) is 8.30. The SMILES string of the molecule is C=Cc1cccc(CO[Si]CC(OC)OC)c1. The van der Waals surface area contributed by atoms with Gasteiger partial charge in [-0.1, -0.05) is 30.9 Å². The molecule has 1 aromatic rings. The lowest BCUT2D eigenvalue weighted by molar-refractivity contribution is -0.0888. The minimum absolute atomic E-state index is 0.173. The lowest BCUT2D eigenvalue weighted by Gasteiger charge is -2.12. The van der Waals surface area contributed by atoms with Crippen LogP contribution in [-0.4, -0.2) is 30.3 Å². The Hall–Kier alpha value is -0.943. The highest BCUT2D eigenvalue weighted by molar-refractivity contribution is 6.27. The minimum Gasteiger partial charge on any atom is -0.413 e. The van der Waals surface area contributed by atoms with Crippen LogP contribution in [-0.2, 0) is 20.5 Å². The predicted molar refractivity (Wildman–Crippen MR) is 69.7 cm³/mol. The highest BCUT2D eigenvalue weighted by Gasteiger charge is 2.06. The quantitative estimate of drug-likeness (QED) is 0.403. The van der Waals surface area contributed by atoms with Crippen molar-refractivity contribution in [1.29, 1.82) is 0 Å². The van der Waals surface area contributed by atoms with E-state index in [1.54, 1.807) is 14.2 Å². The van der Waals surface area contributed by atoms with Crippen molar-refractivity contribution < 1.29 is 13.9 Å². The van der Waals surface area contributed by atoms with Gasteiger partial charge in [0.05, 0.1) is 6.61 Å². The van der Waals surface area contributed by atoms with Gasteiger partial charge in [-0.2, -0.15) is 0 Å². The second-order valence-electron chi connectivity index (χ2n) is 3.49. The van der Waals surface area contributed by atoms with Gasteiger partial charge in [0.15, 0.2) is 6.29 Å². The van der Waals surface area contributed by atoms with Crippen molar-refractivity contribution in [2.45, 2.75) is 18.9 Å². The van der Waals surface area contributed by atoms with Crippen molar-refractivity contribution in [2.24, 2.45) is 0 Å². The minimum atomic E-state index is -0.173. The smallest absolute Gasteiger partial charge is 0.235 e. The molecule has 0 saturated heterocycles. The monoisotopic (exact) mass is 250 g/mol. The molecule has 0 fully saturated rings. The van der Waals surface area contributed by atoms with E-state index in [1.165, 1.54) is 0 Å². The Bertz CT molecular complexity index is 337. The topological polar surface area (TPSA) is 27.7 Å². The molecule has 0 spiro atoms. The summed E-state index contributed by atoms with van der Waals surface area (Å²) in [4.78, 5) is 0. The predicted octanol–water partition coefficient (Wildman–Crippen LogP) is 2.50. The molecule has 0 bridgehead atoms. The molecule has 0 aromatic heterocycles. The van der Waals surface area contributed by atoms with Crippen LogP contribution in [0.2, 0.25) is 6.04 Å². The van der Waals surface area contributed by atoms with Gasteiger partial charge in [-0.25, -0.2) is 0 Å². The number of hydrogen-bond donors (Lipinski definition) is 0. The molecule has 0 saturated carbocycles. The van der Waals surface area contributed by atoms with Crippen LogP contribution in [0.4, 0.5) is 0 Å². The van der Waals surface area contributed by atoms with Crippen LogP contribution in [0.1, 0.15) is 11.1 Å². The number of rotatable bonds is 8. The molecule has 0 N–H and O–H groups in total. The second kappa shape index (κ2) is 8.19. The molecular weight excluding hydrogens is 232 g/mol. The van der Waals surface area contributed by atoms with Gasteiger partial charge in [-0.05, 0) is 17.2 Å². The molecule has 2 radical (unpaired) electrons. The number of hydrogen-bond acceptors (Lipinski definition) is 3. The van der Waals surface area contributed by atoms with E-state index in [2.05, 4.69) is 12.6 Å². The van der Waals surface area contributed by atoms with Crippen LogP contribution in [0, 0.1) is 0 Å². The molecule has 4 heteroatoms. The molecule has 0 atom stereocenters. The van der Waals surface area contributed by atoms with Crippen LogP contribution < -0.4 is 0 Å². The van der Waals surface area contributed by atoms with Gasteiger partial charge in [0.1, 0.15) is 0 Å². The third-order valence-corrected chi connectivity index (χ3v) is 3.15. The molecule has 1 rings (SSSR count). The molecule has 1 aromatic carbocycles. The Morgan fingerprint density at radius 2 is 2.12 bits per heavy atom. The first-order valence-corrected chi connectivity index (χ1v) is 6.53. The van der Waals surface area contributed by atoms with Crippen molar-refractivity contribution in [3.05, 3.63) is 42.0 Å². The zero-order valence-corrected chi connectivity index (χ0v) is 11.3. The number of benzene rings is 1. The number of ether oxygens (including phenoxy) is 2. The van der Waals surface area contributed by atoms with E-state index >= 15 is 0 Å². The molecule has 0 amide bonds. The van der Waals surface area contributed by atoms with Crippen molar-refractivity contribution in [3.63, 3.8) is 0 Å². The maximum atomic E-state index is 5.59. The maximum absolute atomic E-state index is 5.59. The molecule has 0 aliphatic carbocycles. The lowest BCUT2D eigenvalue weighted by atomic mass is 10.1. The van der Waals surface area contributed by atoms with Crippen molar-refractivity contribution >= 4 is 15.8 Å². The van der Waals surface area contributed by atoms with E-state index < -0.39 is 0 Å². The summed E-state index contributed by atoms with van der Waals surface area (Å²) in [5.74, 6) is 0. The van der Waals surface area contributed by atoms with Gasteiger partial charge in [-0.15, -0.1) is 0 Å². The normalized spacial score (nSPS) is 10.8. The van der Waals surface area contributed by atoms with Gasteiger partial charge in [0, 0.05) is 20.3 Å². The summed E-state index contributed by atoms with van der Waals surface area (Å²) in [7, 11) is 3.64. The van der Waals surface area contributed by atoms with Crippen molar-refractivity contribution in [3.8, 4) is 0 Å². The highest BCUT2D eigenvalue weighted by Crippen LogP contribution is 2.08. The summed E-state index contributed by atoms with van der Waals surface area (Å²) in [6.45, 7) is 4.35. The molecule has 0 aliphatic heterocycles. The van der Waals surface area contributed by atoms with Gasteiger partial charge in [0.2, 0.25) is 9.76 Å². The Kier molecular flexibility index (Phi) is 6.80. The Morgan fingerprint density at radius 1 is 1.35 bits per heavy atom. The fourth-order valence-corrected chi connectivity index (χ4v) is 2.19. The zero-order valence-electron chi connectivity index (χ0n) is 10.3. The summed E-state index contributed by atoms with van der Waals surface area (Å²) in [6, 6.07) is 8.90. The second-order valence-corrected chi connectivity index (χ2v) is 4.47. The molecule has 0 aliphatic rings. The van der Waals surface area contributed by atoms with E-state index in [1.807, 2.05) is 24.3 Å². The fraction of sp³-hybridized carbons (Fsp3) is 0.385. The molecular formula is C13H18O3Si. The largest absolute Gasteiger partial charge is 0.413 e. The van der Waals surface area contributed by atoms with Crippen LogP contribution in [0.3, 0.4) is 0 Å². The van der Waals surface area contributed by atoms with Gasteiger partial charge in [0.25, 0.3) is 0 Å². The van der Waals surface area contributed by atoms with E-state index in [0.717, 1.165) is 17.2 Å². The molecule has 0 unspecified atom stereocenters. The highest BCUT2D eigenvalue weighted by atomic mass is 28.2. The number of methoxy groups -OCH3 is 2. The van der Waals surface area contributed by atoms with Crippen molar-refractivity contribution in [1.82, 2.24) is 0 Å². The van der Waals surface area contributed by atoms with E-state index in [9.17, 15) is 0 Å². The van der Waals surface area contributed by atoms with Crippen LogP contribution in [0.5, 0.6) is 0 Å². The average molecular weight is 250 g/mol. The summed E-state index contributed by atoms with van der Waals surface area (Å²) < 4.78 is 15.7. The summed E-state index contributed by atoms with van der Waals surface area (Å²) in [5, 5.41) is 0. The Labute approximate surface area is 105 Å². The Morgan fingerprint density at radius 3 is 2.76 bits per heavy atom. The zero-order chi connectivity index (χ0) is 12.5. The van der Waals surface area contributed by atoms with Crippen LogP contribution >= 0.6 is 0 Å². The third kappa shape index (κ3) is 5.28. The summed E-state index contributed by atoms with van der Waals surface area (Å²) in [5.41, 5.74) is 2.27. The van der Waals surface area contributed by atoms with E-state index in [0.29, 0.717) is 16.4 Å². The van der Waals surface area contributed by atoms with Gasteiger partial charge in [-0.3, -0.25) is 0 Å². The molecule has 17 heavy (non-hydrogen) atoms.